The topological polar surface area (TPSA) is 46.0 Å². The molecular formula is C7H15NO3. The van der Waals surface area contributed by atoms with Crippen molar-refractivity contribution in [3.63, 3.8) is 0 Å². The number of hydroxylamine groups is 2. The van der Waals surface area contributed by atoms with Crippen molar-refractivity contribution in [2.75, 3.05) is 20.8 Å². The Bertz CT molecular complexity index is 110. The molecule has 1 rings (SSSR count). The van der Waals surface area contributed by atoms with E-state index in [9.17, 15) is 5.21 Å². The molecule has 0 aromatic heterocycles. The largest absolute Gasteiger partial charge is 0.633 e. The molecule has 11 heavy (non-hydrogen) atoms. The minimum absolute atomic E-state index is 0.125. The van der Waals surface area contributed by atoms with E-state index in [2.05, 4.69) is 0 Å². The van der Waals surface area contributed by atoms with Gasteiger partial charge in [-0.2, -0.15) is 0 Å². The van der Waals surface area contributed by atoms with E-state index in [1.165, 1.54) is 0 Å². The fourth-order valence-electron chi connectivity index (χ4n) is 1.23. The van der Waals surface area contributed by atoms with Crippen molar-refractivity contribution < 1.29 is 14.5 Å². The lowest BCUT2D eigenvalue weighted by molar-refractivity contribution is -0.884. The molecule has 66 valence electrons. The molecule has 0 bridgehead atoms. The van der Waals surface area contributed by atoms with Gasteiger partial charge in [-0.1, -0.05) is 0 Å². The molecule has 1 aliphatic heterocycles. The predicted molar refractivity (Wildman–Crippen MR) is 40.0 cm³/mol. The Morgan fingerprint density at radius 3 is 2.64 bits per heavy atom. The molecule has 0 spiro atoms. The van der Waals surface area contributed by atoms with Crippen molar-refractivity contribution in [3.8, 4) is 0 Å². The molecule has 4 nitrogen and oxygen atoms in total. The van der Waals surface area contributed by atoms with E-state index >= 15 is 0 Å². The van der Waals surface area contributed by atoms with Crippen LogP contribution in [0.3, 0.4) is 0 Å². The molecule has 0 aliphatic carbocycles. The summed E-state index contributed by atoms with van der Waals surface area (Å²) in [6.07, 6.45) is 1.74. The van der Waals surface area contributed by atoms with Crippen LogP contribution >= 0.6 is 0 Å². The first-order valence-corrected chi connectivity index (χ1v) is 3.89. The van der Waals surface area contributed by atoms with Gasteiger partial charge in [-0.05, 0) is 6.42 Å². The summed E-state index contributed by atoms with van der Waals surface area (Å²) in [5.41, 5.74) is 0. The summed E-state index contributed by atoms with van der Waals surface area (Å²) in [5, 5.41) is 11.0. The van der Waals surface area contributed by atoms with Crippen LogP contribution in [0.15, 0.2) is 0 Å². The molecule has 0 amide bonds. The third-order valence-electron chi connectivity index (χ3n) is 2.02. The fourth-order valence-corrected chi connectivity index (χ4v) is 1.23. The number of methoxy groups -OCH3 is 1. The lowest BCUT2D eigenvalue weighted by atomic mass is 10.1. The van der Waals surface area contributed by atoms with Gasteiger partial charge in [0.1, 0.15) is 0 Å². The molecule has 3 atom stereocenters. The highest BCUT2D eigenvalue weighted by Crippen LogP contribution is 2.11. The van der Waals surface area contributed by atoms with E-state index in [0.717, 1.165) is 12.8 Å². The third kappa shape index (κ3) is 2.41. The first kappa shape index (κ1) is 8.93. The van der Waals surface area contributed by atoms with E-state index in [1.54, 1.807) is 14.2 Å². The van der Waals surface area contributed by atoms with Gasteiger partial charge in [0.2, 0.25) is 0 Å². The summed E-state index contributed by atoms with van der Waals surface area (Å²) < 4.78 is 10.4. The molecule has 0 aromatic rings. The van der Waals surface area contributed by atoms with Crippen molar-refractivity contribution in [2.24, 2.45) is 0 Å². The monoisotopic (exact) mass is 161 g/mol. The third-order valence-corrected chi connectivity index (χ3v) is 2.02. The summed E-state index contributed by atoms with van der Waals surface area (Å²) in [7, 11) is 3.24. The van der Waals surface area contributed by atoms with Crippen molar-refractivity contribution >= 4 is 0 Å². The quantitative estimate of drug-likeness (QED) is 0.537. The molecule has 1 saturated heterocycles. The van der Waals surface area contributed by atoms with Crippen LogP contribution < -0.4 is 5.06 Å². The lowest BCUT2D eigenvalue weighted by Gasteiger charge is -2.33. The maximum atomic E-state index is 10.8. The van der Waals surface area contributed by atoms with Gasteiger partial charge in [0.05, 0.1) is 19.8 Å². The summed E-state index contributed by atoms with van der Waals surface area (Å²) in [6, 6.07) is 0. The van der Waals surface area contributed by atoms with Gasteiger partial charge in [0, 0.05) is 13.5 Å². The van der Waals surface area contributed by atoms with Gasteiger partial charge in [0.25, 0.3) is 0 Å². The first-order chi connectivity index (χ1) is 5.24. The molecule has 1 fully saturated rings. The SMILES string of the molecule is COC1CCC([NH+](C)[O-])OC1. The van der Waals surface area contributed by atoms with Gasteiger partial charge in [-0.25, -0.2) is 0 Å². The van der Waals surface area contributed by atoms with E-state index in [-0.39, 0.29) is 17.4 Å². The summed E-state index contributed by atoms with van der Waals surface area (Å²) in [4.78, 5) is 0. The molecule has 1 N–H and O–H groups in total. The molecule has 1 heterocycles. The average Bonchev–Trinajstić information content (AvgIpc) is 2.05. The maximum Gasteiger partial charge on any atom is 0.191 e. The van der Waals surface area contributed by atoms with Crippen molar-refractivity contribution in [3.05, 3.63) is 5.21 Å². The molecule has 4 heteroatoms. The van der Waals surface area contributed by atoms with Gasteiger partial charge in [0.15, 0.2) is 6.23 Å². The van der Waals surface area contributed by atoms with Crippen molar-refractivity contribution in [1.82, 2.24) is 0 Å². The standard InChI is InChI=1S/C7H15NO3/c1-8(9)7-4-3-6(10-2)5-11-7/h6-8H,3-5H2,1-2H3. The number of quaternary nitrogens is 1. The molecule has 3 unspecified atom stereocenters. The Kier molecular flexibility index (Phi) is 3.26. The van der Waals surface area contributed by atoms with Gasteiger partial charge in [-0.15, -0.1) is 0 Å². The van der Waals surface area contributed by atoms with Crippen molar-refractivity contribution in [1.29, 1.82) is 0 Å². The van der Waals surface area contributed by atoms with Crippen LogP contribution in [0.25, 0.3) is 0 Å². The minimum atomic E-state index is -0.179. The smallest absolute Gasteiger partial charge is 0.191 e. The van der Waals surface area contributed by atoms with E-state index in [1.807, 2.05) is 0 Å². The summed E-state index contributed by atoms with van der Waals surface area (Å²) in [5.74, 6) is 0. The number of ether oxygens (including phenoxy) is 2. The zero-order valence-electron chi connectivity index (χ0n) is 7.00. The van der Waals surface area contributed by atoms with Crippen LogP contribution in [-0.4, -0.2) is 33.1 Å². The second-order valence-corrected chi connectivity index (χ2v) is 2.87. The summed E-state index contributed by atoms with van der Waals surface area (Å²) in [6.45, 7) is 0.556. The Morgan fingerprint density at radius 1 is 1.55 bits per heavy atom. The van der Waals surface area contributed by atoms with Crippen LogP contribution in [0.1, 0.15) is 12.8 Å². The average molecular weight is 161 g/mol. The van der Waals surface area contributed by atoms with Crippen LogP contribution in [-0.2, 0) is 9.47 Å². The Balaban J connectivity index is 2.24. The van der Waals surface area contributed by atoms with Crippen LogP contribution in [0, 0.1) is 5.21 Å². The molecule has 1 aliphatic rings. The Labute approximate surface area is 66.7 Å². The van der Waals surface area contributed by atoms with Gasteiger partial charge < -0.3 is 19.7 Å². The number of nitrogens with one attached hydrogen (secondary N) is 1. The van der Waals surface area contributed by atoms with Gasteiger partial charge >= 0.3 is 0 Å². The normalized spacial score (nSPS) is 35.2. The van der Waals surface area contributed by atoms with E-state index in [4.69, 9.17) is 9.47 Å². The maximum absolute atomic E-state index is 10.8. The Morgan fingerprint density at radius 2 is 2.27 bits per heavy atom. The molecule has 0 radical (unpaired) electrons. The second kappa shape index (κ2) is 4.01. The molecule has 0 aromatic carbocycles. The molecule has 0 saturated carbocycles. The fraction of sp³-hybridized carbons (Fsp3) is 1.00. The van der Waals surface area contributed by atoms with Crippen LogP contribution in [0.2, 0.25) is 0 Å². The second-order valence-electron chi connectivity index (χ2n) is 2.87. The number of hydrogen-bond acceptors (Lipinski definition) is 3. The minimum Gasteiger partial charge on any atom is -0.633 e. The van der Waals surface area contributed by atoms with Crippen LogP contribution in [0.5, 0.6) is 0 Å². The van der Waals surface area contributed by atoms with E-state index in [0.29, 0.717) is 6.61 Å². The first-order valence-electron chi connectivity index (χ1n) is 3.89. The number of hydrogen-bond donors (Lipinski definition) is 1. The highest BCUT2D eigenvalue weighted by molar-refractivity contribution is 4.63. The van der Waals surface area contributed by atoms with Crippen molar-refractivity contribution in [2.45, 2.75) is 25.2 Å². The van der Waals surface area contributed by atoms with Crippen LogP contribution in [0.4, 0.5) is 0 Å². The number of rotatable bonds is 2. The zero-order valence-corrected chi connectivity index (χ0v) is 7.00. The zero-order chi connectivity index (χ0) is 8.27. The summed E-state index contributed by atoms with van der Waals surface area (Å²) >= 11 is 0. The molecular weight excluding hydrogens is 146 g/mol. The lowest BCUT2D eigenvalue weighted by Crippen LogP contribution is -3.09. The predicted octanol–water partition coefficient (Wildman–Crippen LogP) is -0.850. The van der Waals surface area contributed by atoms with Gasteiger partial charge in [-0.3, -0.25) is 0 Å². The highest BCUT2D eigenvalue weighted by Gasteiger charge is 2.23. The highest BCUT2D eigenvalue weighted by atomic mass is 16.6. The van der Waals surface area contributed by atoms with E-state index < -0.39 is 0 Å². The Hall–Kier alpha value is -0.160.